The molecule has 13 heteroatoms. The molecular formula is C30H35F3N4O5S. The van der Waals surface area contributed by atoms with Gasteiger partial charge in [-0.2, -0.15) is 13.2 Å². The van der Waals surface area contributed by atoms with Gasteiger partial charge < -0.3 is 21.1 Å². The van der Waals surface area contributed by atoms with Crippen molar-refractivity contribution < 1.29 is 37.5 Å². The summed E-state index contributed by atoms with van der Waals surface area (Å²) in [6.45, 7) is 1.96. The van der Waals surface area contributed by atoms with Crippen LogP contribution in [0.25, 0.3) is 10.2 Å². The van der Waals surface area contributed by atoms with Crippen LogP contribution in [0.1, 0.15) is 47.5 Å². The molecule has 0 bridgehead atoms. The number of hydrogen-bond donors (Lipinski definition) is 3. The SMILES string of the molecule is NCCC(CCNC(=O)C1CCCN(C(=O)CCc2ccccc2)C1)C(=O)c1nc2ccccc2s1.O=C(O)C(F)(F)F. The minimum Gasteiger partial charge on any atom is -0.475 e. The number of nitrogens with two attached hydrogens (primary N) is 1. The van der Waals surface area contributed by atoms with Crippen molar-refractivity contribution in [2.45, 2.75) is 44.7 Å². The highest BCUT2D eigenvalue weighted by Gasteiger charge is 2.38. The van der Waals surface area contributed by atoms with E-state index in [4.69, 9.17) is 15.6 Å². The lowest BCUT2D eigenvalue weighted by molar-refractivity contribution is -0.192. The number of amides is 2. The Labute approximate surface area is 251 Å². The predicted molar refractivity (Wildman–Crippen MR) is 156 cm³/mol. The normalized spacial score (nSPS) is 15.7. The fraction of sp³-hybridized carbons (Fsp3) is 0.433. The number of carbonyl (C=O) groups is 4. The van der Waals surface area contributed by atoms with Gasteiger partial charge in [-0.15, -0.1) is 11.3 Å². The molecule has 4 N–H and O–H groups in total. The average Bonchev–Trinajstić information content (AvgIpc) is 3.44. The predicted octanol–water partition coefficient (Wildman–Crippen LogP) is 4.46. The number of aryl methyl sites for hydroxylation is 1. The molecule has 0 spiro atoms. The Morgan fingerprint density at radius 1 is 1.07 bits per heavy atom. The Hall–Kier alpha value is -3.84. The third kappa shape index (κ3) is 10.4. The monoisotopic (exact) mass is 620 g/mol. The van der Waals surface area contributed by atoms with E-state index in [1.165, 1.54) is 11.3 Å². The zero-order valence-corrected chi connectivity index (χ0v) is 24.3. The van der Waals surface area contributed by atoms with E-state index in [1.54, 1.807) is 0 Å². The lowest BCUT2D eigenvalue weighted by Crippen LogP contribution is -2.45. The number of aromatic nitrogens is 1. The molecule has 0 aliphatic carbocycles. The number of alkyl halides is 3. The standard InChI is InChI=1S/C28H34N4O3S.C2HF3O2/c29-16-14-21(26(34)28-31-23-10-4-5-11-24(23)36-28)15-17-30-27(35)22-9-6-18-32(19-22)25(33)13-12-20-7-2-1-3-8-20;3-2(4,5)1(6)7/h1-5,7-8,10-11,21-22H,6,9,12-19,29H2,(H,30,35);(H,6,7). The maximum Gasteiger partial charge on any atom is 0.490 e. The fourth-order valence-electron chi connectivity index (χ4n) is 4.75. The molecule has 1 saturated heterocycles. The van der Waals surface area contributed by atoms with Crippen molar-refractivity contribution in [3.63, 3.8) is 0 Å². The van der Waals surface area contributed by atoms with Gasteiger partial charge in [-0.25, -0.2) is 9.78 Å². The van der Waals surface area contributed by atoms with Gasteiger partial charge in [0.25, 0.3) is 0 Å². The number of fused-ring (bicyclic) bond motifs is 1. The first-order valence-electron chi connectivity index (χ1n) is 14.0. The third-order valence-corrected chi connectivity index (χ3v) is 8.09. The topological polar surface area (TPSA) is 143 Å². The fourth-order valence-corrected chi connectivity index (χ4v) is 5.73. The van der Waals surface area contributed by atoms with Crippen LogP contribution < -0.4 is 11.1 Å². The average molecular weight is 621 g/mol. The number of carbonyl (C=O) groups excluding carboxylic acids is 3. The van der Waals surface area contributed by atoms with Crippen LogP contribution in [0.2, 0.25) is 0 Å². The minimum absolute atomic E-state index is 0.0104. The van der Waals surface area contributed by atoms with E-state index < -0.39 is 12.1 Å². The first-order chi connectivity index (χ1) is 20.5. The lowest BCUT2D eigenvalue weighted by Gasteiger charge is -2.32. The molecule has 1 aliphatic heterocycles. The zero-order chi connectivity index (χ0) is 31.4. The number of para-hydroxylation sites is 1. The molecule has 4 rings (SSSR count). The molecule has 0 radical (unpaired) electrons. The van der Waals surface area contributed by atoms with Crippen molar-refractivity contribution in [3.8, 4) is 0 Å². The highest BCUT2D eigenvalue weighted by atomic mass is 32.1. The number of carboxylic acids is 1. The molecule has 1 aliphatic rings. The first kappa shape index (κ1) is 33.7. The van der Waals surface area contributed by atoms with Crippen LogP contribution in [0, 0.1) is 11.8 Å². The molecule has 2 heterocycles. The molecule has 3 aromatic rings. The summed E-state index contributed by atoms with van der Waals surface area (Å²) in [5.41, 5.74) is 7.75. The molecule has 2 unspecified atom stereocenters. The van der Waals surface area contributed by atoms with Gasteiger partial charge >= 0.3 is 12.1 Å². The molecule has 1 aromatic heterocycles. The quantitative estimate of drug-likeness (QED) is 0.269. The number of thiazole rings is 1. The number of likely N-dealkylation sites (tertiary alicyclic amines) is 1. The molecule has 2 atom stereocenters. The van der Waals surface area contributed by atoms with E-state index in [-0.39, 0.29) is 29.4 Å². The summed E-state index contributed by atoms with van der Waals surface area (Å²) in [4.78, 5) is 53.9. The number of carboxylic acid groups (broad SMARTS) is 1. The van der Waals surface area contributed by atoms with Crippen LogP contribution >= 0.6 is 11.3 Å². The maximum atomic E-state index is 13.1. The van der Waals surface area contributed by atoms with E-state index in [0.29, 0.717) is 56.9 Å². The van der Waals surface area contributed by atoms with Crippen molar-refractivity contribution in [2.24, 2.45) is 17.6 Å². The van der Waals surface area contributed by atoms with Crippen LogP contribution in [0.5, 0.6) is 0 Å². The summed E-state index contributed by atoms with van der Waals surface area (Å²) in [5.74, 6) is -3.21. The third-order valence-electron chi connectivity index (χ3n) is 7.04. The van der Waals surface area contributed by atoms with Gasteiger partial charge in [-0.3, -0.25) is 14.4 Å². The molecule has 43 heavy (non-hydrogen) atoms. The Kier molecular flexibility index (Phi) is 12.6. The van der Waals surface area contributed by atoms with Crippen molar-refractivity contribution in [2.75, 3.05) is 26.2 Å². The second-order valence-corrected chi connectivity index (χ2v) is 11.2. The molecule has 9 nitrogen and oxygen atoms in total. The summed E-state index contributed by atoms with van der Waals surface area (Å²) < 4.78 is 32.7. The van der Waals surface area contributed by atoms with Gasteiger partial charge in [-0.05, 0) is 56.3 Å². The van der Waals surface area contributed by atoms with Gasteiger partial charge in [0, 0.05) is 32.0 Å². The number of rotatable bonds is 11. The molecule has 2 aromatic carbocycles. The van der Waals surface area contributed by atoms with Gasteiger partial charge in [0.2, 0.25) is 11.8 Å². The summed E-state index contributed by atoms with van der Waals surface area (Å²) in [7, 11) is 0. The Morgan fingerprint density at radius 3 is 2.40 bits per heavy atom. The number of piperidine rings is 1. The number of ketones is 1. The van der Waals surface area contributed by atoms with Crippen molar-refractivity contribution in [1.82, 2.24) is 15.2 Å². The smallest absolute Gasteiger partial charge is 0.475 e. The van der Waals surface area contributed by atoms with Crippen LogP contribution in [0.4, 0.5) is 13.2 Å². The number of hydrogen-bond acceptors (Lipinski definition) is 7. The largest absolute Gasteiger partial charge is 0.490 e. The zero-order valence-electron chi connectivity index (χ0n) is 23.5. The molecule has 232 valence electrons. The van der Waals surface area contributed by atoms with E-state index in [0.717, 1.165) is 28.6 Å². The summed E-state index contributed by atoms with van der Waals surface area (Å²) in [5, 5.41) is 10.6. The van der Waals surface area contributed by atoms with Crippen LogP contribution in [-0.4, -0.2) is 70.9 Å². The van der Waals surface area contributed by atoms with Crippen molar-refractivity contribution in [1.29, 1.82) is 0 Å². The Morgan fingerprint density at radius 2 is 1.74 bits per heavy atom. The van der Waals surface area contributed by atoms with Gasteiger partial charge in [0.1, 0.15) is 0 Å². The summed E-state index contributed by atoms with van der Waals surface area (Å²) in [6, 6.07) is 17.7. The number of benzene rings is 2. The molecule has 0 saturated carbocycles. The summed E-state index contributed by atoms with van der Waals surface area (Å²) in [6.07, 6.45) is -1.26. The van der Waals surface area contributed by atoms with E-state index in [1.807, 2.05) is 59.5 Å². The van der Waals surface area contributed by atoms with Crippen LogP contribution in [-0.2, 0) is 20.8 Å². The van der Waals surface area contributed by atoms with Gasteiger partial charge in [-0.1, -0.05) is 42.5 Å². The number of halogens is 3. The Bertz CT molecular complexity index is 1350. The lowest BCUT2D eigenvalue weighted by atomic mass is 9.95. The van der Waals surface area contributed by atoms with Crippen LogP contribution in [0.15, 0.2) is 54.6 Å². The van der Waals surface area contributed by atoms with Gasteiger partial charge in [0.15, 0.2) is 10.8 Å². The van der Waals surface area contributed by atoms with E-state index in [9.17, 15) is 27.6 Å². The second kappa shape index (κ2) is 16.1. The summed E-state index contributed by atoms with van der Waals surface area (Å²) >= 11 is 1.40. The first-order valence-corrected chi connectivity index (χ1v) is 14.8. The highest BCUT2D eigenvalue weighted by molar-refractivity contribution is 7.20. The maximum absolute atomic E-state index is 13.1. The van der Waals surface area contributed by atoms with Crippen molar-refractivity contribution in [3.05, 3.63) is 65.2 Å². The van der Waals surface area contributed by atoms with Crippen LogP contribution in [0.3, 0.4) is 0 Å². The number of Topliss-reactive ketones (excluding diaryl/α,β-unsaturated/α-hetero) is 1. The second-order valence-electron chi connectivity index (χ2n) is 10.2. The highest BCUT2D eigenvalue weighted by Crippen LogP contribution is 2.26. The minimum atomic E-state index is -5.08. The molecule has 1 fully saturated rings. The number of nitrogens with one attached hydrogen (secondary N) is 1. The van der Waals surface area contributed by atoms with E-state index >= 15 is 0 Å². The molecule has 2 amide bonds. The molecular weight excluding hydrogens is 585 g/mol. The van der Waals surface area contributed by atoms with Crippen molar-refractivity contribution >= 4 is 45.1 Å². The van der Waals surface area contributed by atoms with Gasteiger partial charge in [0.05, 0.1) is 16.1 Å². The number of nitrogens with zero attached hydrogens (tertiary/aromatic N) is 2. The Balaban J connectivity index is 0.000000646. The van der Waals surface area contributed by atoms with E-state index in [2.05, 4.69) is 10.3 Å². The number of aliphatic carboxylic acids is 1.